The van der Waals surface area contributed by atoms with Gasteiger partial charge < -0.3 is 38.3 Å². The van der Waals surface area contributed by atoms with Crippen molar-refractivity contribution >= 4 is 34.7 Å². The van der Waals surface area contributed by atoms with Gasteiger partial charge in [-0.25, -0.2) is 4.79 Å². The highest BCUT2D eigenvalue weighted by Crippen LogP contribution is 2.71. The van der Waals surface area contributed by atoms with Gasteiger partial charge in [0.15, 0.2) is 28.5 Å². The molecule has 1 spiro atoms. The minimum absolute atomic E-state index is 0.0531. The molecule has 58 heavy (non-hydrogen) atoms. The number of phenols is 1. The topological polar surface area (TPSA) is 176 Å². The lowest BCUT2D eigenvalue weighted by Crippen LogP contribution is -2.67. The zero-order chi connectivity index (χ0) is 40.2. The van der Waals surface area contributed by atoms with E-state index in [1.54, 1.807) is 7.11 Å². The second-order valence-electron chi connectivity index (χ2n) is 16.9. The molecule has 3 fully saturated rings. The van der Waals surface area contributed by atoms with Crippen LogP contribution in [-0.2, 0) is 31.8 Å². The van der Waals surface area contributed by atoms with Crippen molar-refractivity contribution in [2.75, 3.05) is 39.4 Å². The van der Waals surface area contributed by atoms with Crippen LogP contribution >= 0.6 is 11.8 Å². The first-order valence-electron chi connectivity index (χ1n) is 19.6. The number of nitrogens with one attached hydrogen (secondary N) is 1. The summed E-state index contributed by atoms with van der Waals surface area (Å²) in [5.74, 6) is 1.07. The number of aromatic hydroxyl groups is 1. The Balaban J connectivity index is 1.20. The number of furan rings is 1. The fourth-order valence-electron chi connectivity index (χ4n) is 11.8. The van der Waals surface area contributed by atoms with Crippen molar-refractivity contribution in [1.29, 1.82) is 5.26 Å². The van der Waals surface area contributed by atoms with Gasteiger partial charge in [-0.3, -0.25) is 19.9 Å². The fraction of sp³-hybridized carbons (Fsp3) is 0.465. The molecule has 8 aliphatic rings. The molecule has 0 radical (unpaired) electrons. The van der Waals surface area contributed by atoms with E-state index in [1.807, 2.05) is 38.1 Å². The van der Waals surface area contributed by atoms with E-state index in [0.717, 1.165) is 27.6 Å². The Bertz CT molecular complexity index is 2570. The number of thioether (sulfide) groups is 1. The SMILES string of the molecule is COc1c(C)cc2c(c1O)[C@@H]1[C@@H]3[C@@H]4SC[C@]5(N[C@@H](CO)Cc6c5oc5ccccc65)C(=O)OC[C@@H](c5c6c(c(C)c(OC(C)=O)c54)OCO6)N3C3(C#N)CN1[C@]2(C)C3. The Morgan fingerprint density at radius 1 is 1.14 bits per heavy atom. The van der Waals surface area contributed by atoms with Crippen molar-refractivity contribution in [3.8, 4) is 34.8 Å². The van der Waals surface area contributed by atoms with Crippen molar-refractivity contribution in [3.05, 3.63) is 75.0 Å². The molecule has 4 bridgehead atoms. The number of aliphatic hydroxyl groups excluding tert-OH is 1. The molecule has 0 amide bonds. The van der Waals surface area contributed by atoms with Crippen LogP contribution in [-0.4, -0.2) is 89.0 Å². The number of nitrogens with zero attached hydrogens (tertiary/aromatic N) is 3. The normalized spacial score (nSPS) is 32.6. The van der Waals surface area contributed by atoms with Crippen LogP contribution in [0.25, 0.3) is 11.0 Å². The van der Waals surface area contributed by atoms with Crippen LogP contribution in [0, 0.1) is 25.2 Å². The molecular weight excluding hydrogens is 765 g/mol. The second kappa shape index (κ2) is 12.0. The number of hydrogen-bond donors (Lipinski definition) is 3. The first kappa shape index (κ1) is 36.1. The number of fused-ring (bicyclic) bond motifs is 11. The number of ether oxygens (including phenoxy) is 5. The highest BCUT2D eigenvalue weighted by molar-refractivity contribution is 7.99. The molecule has 14 nitrogen and oxygen atoms in total. The molecular formula is C43H42N4O10S. The summed E-state index contributed by atoms with van der Waals surface area (Å²) in [6.07, 6.45) is 0.845. The van der Waals surface area contributed by atoms with Gasteiger partial charge in [0, 0.05) is 76.5 Å². The molecule has 0 saturated carbocycles. The maximum atomic E-state index is 15.1. The maximum absolute atomic E-state index is 15.1. The molecule has 8 atom stereocenters. The Kier molecular flexibility index (Phi) is 7.50. The third-order valence-corrected chi connectivity index (χ3v) is 15.4. The zero-order valence-electron chi connectivity index (χ0n) is 32.6. The van der Waals surface area contributed by atoms with Crippen LogP contribution in [0.2, 0.25) is 0 Å². The molecule has 3 saturated heterocycles. The van der Waals surface area contributed by atoms with E-state index < -0.39 is 58.0 Å². The third-order valence-electron chi connectivity index (χ3n) is 13.9. The van der Waals surface area contributed by atoms with Crippen LogP contribution in [0.3, 0.4) is 0 Å². The van der Waals surface area contributed by atoms with Gasteiger partial charge in [0.25, 0.3) is 0 Å². The lowest BCUT2D eigenvalue weighted by Gasteiger charge is -2.58. The van der Waals surface area contributed by atoms with E-state index >= 15 is 4.79 Å². The van der Waals surface area contributed by atoms with Gasteiger partial charge in [-0.15, -0.1) is 11.8 Å². The Morgan fingerprint density at radius 3 is 2.69 bits per heavy atom. The summed E-state index contributed by atoms with van der Waals surface area (Å²) < 4.78 is 37.5. The van der Waals surface area contributed by atoms with Gasteiger partial charge in [0.1, 0.15) is 29.2 Å². The van der Waals surface area contributed by atoms with Gasteiger partial charge in [-0.2, -0.15) is 5.26 Å². The van der Waals surface area contributed by atoms with Crippen molar-refractivity contribution < 1.29 is 47.9 Å². The van der Waals surface area contributed by atoms with Crippen molar-refractivity contribution in [2.45, 2.75) is 86.6 Å². The molecule has 3 N–H and O–H groups in total. The Labute approximate surface area is 337 Å². The van der Waals surface area contributed by atoms with Crippen LogP contribution in [0.15, 0.2) is 34.7 Å². The van der Waals surface area contributed by atoms with E-state index in [1.165, 1.54) is 18.7 Å². The number of rotatable bonds is 3. The standard InChI is InChI=1S/C43H42N4O10S/c1-19-10-25-28(33(50)34(19)52-5)31-32-38-30-29(37-36(54-18-55-37)20(2)35(30)56-21(3)49)26(47(32)42(15-44)14-41(25,4)46(31)16-42)13-53-40(51)43(17-58-38)39-24(11-22(12-48)45-43)23-8-6-7-9-27(23)57-39/h6-10,22,26,31-32,38,45,48,50H,11-14,16-18H2,1-5H3/t22-,26+,31-,32-,38-,41-,42?,43-/m1/s1. The highest BCUT2D eigenvalue weighted by Gasteiger charge is 2.72. The molecule has 12 rings (SSSR count). The maximum Gasteiger partial charge on any atom is 0.335 e. The van der Waals surface area contributed by atoms with Gasteiger partial charge in [0.2, 0.25) is 6.79 Å². The van der Waals surface area contributed by atoms with E-state index in [0.29, 0.717) is 70.4 Å². The Hall–Kier alpha value is -4.98. The molecule has 300 valence electrons. The number of para-hydroxylation sites is 1. The summed E-state index contributed by atoms with van der Waals surface area (Å²) in [4.78, 5) is 32.7. The summed E-state index contributed by atoms with van der Waals surface area (Å²) in [6, 6.07) is 10.2. The third kappa shape index (κ3) is 4.31. The number of aryl methyl sites for hydroxylation is 1. The smallest absolute Gasteiger partial charge is 0.335 e. The minimum Gasteiger partial charge on any atom is -0.504 e. The number of hydrogen-bond acceptors (Lipinski definition) is 15. The number of esters is 2. The highest BCUT2D eigenvalue weighted by atomic mass is 32.2. The summed E-state index contributed by atoms with van der Waals surface area (Å²) in [5, 5.41) is 38.1. The minimum atomic E-state index is -1.54. The van der Waals surface area contributed by atoms with Gasteiger partial charge >= 0.3 is 11.9 Å². The number of nitriles is 1. The first-order chi connectivity index (χ1) is 27.9. The lowest BCUT2D eigenvalue weighted by molar-refractivity contribution is -0.158. The van der Waals surface area contributed by atoms with E-state index in [-0.39, 0.29) is 31.5 Å². The average molecular weight is 807 g/mol. The number of methoxy groups -OCH3 is 1. The largest absolute Gasteiger partial charge is 0.504 e. The van der Waals surface area contributed by atoms with Crippen LogP contribution < -0.4 is 24.3 Å². The first-order valence-corrected chi connectivity index (χ1v) is 20.7. The van der Waals surface area contributed by atoms with Crippen molar-refractivity contribution in [3.63, 3.8) is 0 Å². The van der Waals surface area contributed by atoms with Crippen molar-refractivity contribution in [2.24, 2.45) is 0 Å². The number of carbonyl (C=O) groups excluding carboxylic acids is 2. The molecule has 1 unspecified atom stereocenters. The zero-order valence-corrected chi connectivity index (χ0v) is 33.5. The summed E-state index contributed by atoms with van der Waals surface area (Å²) >= 11 is 1.46. The summed E-state index contributed by atoms with van der Waals surface area (Å²) in [6.45, 7) is 7.10. The lowest BCUT2D eigenvalue weighted by atomic mass is 9.72. The number of piperazine rings is 1. The summed E-state index contributed by atoms with van der Waals surface area (Å²) in [7, 11) is 1.55. The van der Waals surface area contributed by atoms with E-state index in [2.05, 4.69) is 34.2 Å². The van der Waals surface area contributed by atoms with Gasteiger partial charge in [-0.05, 0) is 50.5 Å². The monoisotopic (exact) mass is 806 g/mol. The predicted molar refractivity (Wildman–Crippen MR) is 208 cm³/mol. The molecule has 9 heterocycles. The summed E-state index contributed by atoms with van der Waals surface area (Å²) in [5.41, 5.74) is 2.57. The molecule has 4 aromatic rings. The molecule has 3 aromatic carbocycles. The molecule has 1 aromatic heterocycles. The Morgan fingerprint density at radius 2 is 1.93 bits per heavy atom. The van der Waals surface area contributed by atoms with E-state index in [4.69, 9.17) is 28.1 Å². The van der Waals surface area contributed by atoms with Gasteiger partial charge in [0.05, 0.1) is 37.1 Å². The fourth-order valence-corrected chi connectivity index (χ4v) is 13.5. The number of benzene rings is 3. The molecule has 8 aliphatic heterocycles. The van der Waals surface area contributed by atoms with Gasteiger partial charge in [-0.1, -0.05) is 18.2 Å². The number of aliphatic hydroxyl groups is 1. The molecule has 0 aliphatic carbocycles. The van der Waals surface area contributed by atoms with Crippen molar-refractivity contribution in [1.82, 2.24) is 15.1 Å². The van der Waals surface area contributed by atoms with Crippen LogP contribution in [0.5, 0.6) is 28.7 Å². The molecule has 15 heteroatoms. The number of carbonyl (C=O) groups is 2. The predicted octanol–water partition coefficient (Wildman–Crippen LogP) is 4.83. The average Bonchev–Trinajstić information content (AvgIpc) is 3.96. The number of phenolic OH excluding ortho intramolecular Hbond substituents is 1. The van der Waals surface area contributed by atoms with E-state index in [9.17, 15) is 20.3 Å². The quantitative estimate of drug-likeness (QED) is 0.190. The van der Waals surface area contributed by atoms with Crippen LogP contribution in [0.4, 0.5) is 0 Å². The van der Waals surface area contributed by atoms with Crippen LogP contribution in [0.1, 0.15) is 82.3 Å². The second-order valence-corrected chi connectivity index (χ2v) is 18.1.